The van der Waals surface area contributed by atoms with E-state index in [-0.39, 0.29) is 11.4 Å². The van der Waals surface area contributed by atoms with E-state index < -0.39 is 0 Å². The topological polar surface area (TPSA) is 29.5 Å². The van der Waals surface area contributed by atoms with E-state index in [1.165, 1.54) is 0 Å². The Morgan fingerprint density at radius 3 is 3.08 bits per heavy atom. The van der Waals surface area contributed by atoms with Crippen LogP contribution in [0.1, 0.15) is 12.8 Å². The van der Waals surface area contributed by atoms with Crippen LogP contribution in [0.15, 0.2) is 0 Å². The van der Waals surface area contributed by atoms with E-state index in [1.807, 2.05) is 0 Å². The average Bonchev–Trinajstić information content (AvgIpc) is 2.78. The zero-order chi connectivity index (χ0) is 8.77. The van der Waals surface area contributed by atoms with Gasteiger partial charge >= 0.3 is 5.97 Å². The van der Waals surface area contributed by atoms with Gasteiger partial charge in [0.2, 0.25) is 0 Å². The fourth-order valence-electron chi connectivity index (χ4n) is 2.21. The van der Waals surface area contributed by atoms with Crippen LogP contribution < -0.4 is 0 Å². The molecule has 68 valence electrons. The van der Waals surface area contributed by atoms with E-state index in [0.29, 0.717) is 5.92 Å². The van der Waals surface area contributed by atoms with Crippen LogP contribution in [0.2, 0.25) is 0 Å². The van der Waals surface area contributed by atoms with E-state index >= 15 is 0 Å². The second-order valence-corrected chi connectivity index (χ2v) is 4.37. The van der Waals surface area contributed by atoms with E-state index in [0.717, 1.165) is 25.9 Å². The Balaban J connectivity index is 2.04. The summed E-state index contributed by atoms with van der Waals surface area (Å²) in [7, 11) is 2.11. The predicted molar refractivity (Wildman–Crippen MR) is 52.8 cm³/mol. The summed E-state index contributed by atoms with van der Waals surface area (Å²) in [6, 6.07) is 0. The Morgan fingerprint density at radius 1 is 1.75 bits per heavy atom. The van der Waals surface area contributed by atoms with Crippen molar-refractivity contribution in [3.8, 4) is 0 Å². The molecule has 1 aliphatic heterocycles. The molecule has 2 aliphatic rings. The zero-order valence-electron chi connectivity index (χ0n) is 7.05. The molecule has 0 amide bonds. The number of carbonyl (C=O) groups is 1. The van der Waals surface area contributed by atoms with Gasteiger partial charge in [-0.3, -0.25) is 4.79 Å². The Morgan fingerprint density at radius 2 is 2.50 bits per heavy atom. The van der Waals surface area contributed by atoms with Crippen LogP contribution in [0.4, 0.5) is 0 Å². The fourth-order valence-corrected chi connectivity index (χ4v) is 2.65. The van der Waals surface area contributed by atoms with Gasteiger partial charge in [-0.15, -0.1) is 0 Å². The molecule has 0 unspecified atom stereocenters. The highest BCUT2D eigenvalue weighted by Gasteiger charge is 2.62. The molecule has 0 aromatic rings. The first-order valence-corrected chi connectivity index (χ1v) is 5.09. The standard InChI is InChI=1S/C8H12INO2/c1-10-3-2-8(7(11)12-9)4-6(8)5-10/h6H,2-5H2,1H3/t6-,8+/m0/s1. The summed E-state index contributed by atoms with van der Waals surface area (Å²) in [5.74, 6) is 0.569. The van der Waals surface area contributed by atoms with Crippen LogP contribution in [-0.2, 0) is 7.86 Å². The molecule has 3 nitrogen and oxygen atoms in total. The number of halogens is 1. The number of carbonyl (C=O) groups excluding carboxylic acids is 1. The Hall–Kier alpha value is 0.160. The molecular weight excluding hydrogens is 269 g/mol. The molecule has 4 heteroatoms. The second-order valence-electron chi connectivity index (χ2n) is 3.93. The number of piperidine rings is 1. The minimum Gasteiger partial charge on any atom is -0.394 e. The Labute approximate surface area is 86.1 Å². The maximum atomic E-state index is 11.4. The van der Waals surface area contributed by atoms with Crippen LogP contribution in [0.3, 0.4) is 0 Å². The predicted octanol–water partition coefficient (Wildman–Crippen LogP) is 1.22. The largest absolute Gasteiger partial charge is 0.394 e. The van der Waals surface area contributed by atoms with Crippen molar-refractivity contribution in [3.05, 3.63) is 0 Å². The van der Waals surface area contributed by atoms with Gasteiger partial charge < -0.3 is 7.97 Å². The van der Waals surface area contributed by atoms with Crippen LogP contribution in [0, 0.1) is 11.3 Å². The molecule has 0 radical (unpaired) electrons. The number of rotatable bonds is 1. The minimum absolute atomic E-state index is 0.00111. The van der Waals surface area contributed by atoms with E-state index in [4.69, 9.17) is 3.07 Å². The van der Waals surface area contributed by atoms with Crippen LogP contribution in [0.5, 0.6) is 0 Å². The maximum absolute atomic E-state index is 11.4. The van der Waals surface area contributed by atoms with Crippen molar-refractivity contribution in [2.75, 3.05) is 20.1 Å². The molecule has 12 heavy (non-hydrogen) atoms. The van der Waals surface area contributed by atoms with Gasteiger partial charge in [-0.1, -0.05) is 0 Å². The summed E-state index contributed by atoms with van der Waals surface area (Å²) in [5, 5.41) is 0. The van der Waals surface area contributed by atoms with Crippen LogP contribution in [-0.4, -0.2) is 31.0 Å². The molecule has 0 aromatic heterocycles. The quantitative estimate of drug-likeness (QED) is 0.677. The lowest BCUT2D eigenvalue weighted by atomic mass is 9.96. The average molecular weight is 281 g/mol. The molecule has 0 spiro atoms. The summed E-state index contributed by atoms with van der Waals surface area (Å²) in [5.41, 5.74) is -0.0757. The number of nitrogens with zero attached hydrogens (tertiary/aromatic N) is 1. The smallest absolute Gasteiger partial charge is 0.321 e. The van der Waals surface area contributed by atoms with Crippen molar-refractivity contribution in [3.63, 3.8) is 0 Å². The number of fused-ring (bicyclic) bond motifs is 1. The molecular formula is C8H12INO2. The molecule has 1 aliphatic carbocycles. The highest BCUT2D eigenvalue weighted by Crippen LogP contribution is 2.58. The Kier molecular flexibility index (Phi) is 2.07. The first kappa shape index (κ1) is 8.74. The van der Waals surface area contributed by atoms with Gasteiger partial charge in [-0.05, 0) is 32.4 Å². The summed E-state index contributed by atoms with van der Waals surface area (Å²) in [6.07, 6.45) is 2.02. The molecule has 0 bridgehead atoms. The van der Waals surface area contributed by atoms with Gasteiger partial charge in [0.15, 0.2) is 23.0 Å². The molecule has 2 rings (SSSR count). The van der Waals surface area contributed by atoms with E-state index in [9.17, 15) is 4.79 Å². The van der Waals surface area contributed by atoms with Crippen molar-refractivity contribution in [1.29, 1.82) is 0 Å². The first-order chi connectivity index (χ1) is 5.69. The van der Waals surface area contributed by atoms with Crippen molar-refractivity contribution in [2.45, 2.75) is 12.8 Å². The molecule has 2 atom stereocenters. The maximum Gasteiger partial charge on any atom is 0.321 e. The normalized spacial score (nSPS) is 40.3. The summed E-state index contributed by atoms with van der Waals surface area (Å²) >= 11 is 1.69. The molecule has 0 N–H and O–H groups in total. The minimum atomic E-state index is -0.0757. The van der Waals surface area contributed by atoms with Crippen molar-refractivity contribution in [2.24, 2.45) is 11.3 Å². The highest BCUT2D eigenvalue weighted by molar-refractivity contribution is 14.1. The molecule has 1 saturated heterocycles. The van der Waals surface area contributed by atoms with Gasteiger partial charge in [-0.25, -0.2) is 0 Å². The van der Waals surface area contributed by atoms with Crippen molar-refractivity contribution in [1.82, 2.24) is 4.90 Å². The monoisotopic (exact) mass is 281 g/mol. The van der Waals surface area contributed by atoms with Gasteiger partial charge in [-0.2, -0.15) is 0 Å². The van der Waals surface area contributed by atoms with E-state index in [1.54, 1.807) is 23.0 Å². The molecule has 1 saturated carbocycles. The summed E-state index contributed by atoms with van der Waals surface area (Å²) < 4.78 is 4.78. The van der Waals surface area contributed by atoms with Gasteiger partial charge in [0.25, 0.3) is 0 Å². The number of likely N-dealkylation sites (tertiary alicyclic amines) is 1. The lowest BCUT2D eigenvalue weighted by molar-refractivity contribution is -0.139. The van der Waals surface area contributed by atoms with Gasteiger partial charge in [0.05, 0.1) is 5.41 Å². The first-order valence-electron chi connectivity index (χ1n) is 4.20. The third-order valence-corrected chi connectivity index (χ3v) is 3.58. The number of hydrogen-bond donors (Lipinski definition) is 0. The summed E-state index contributed by atoms with van der Waals surface area (Å²) in [6.45, 7) is 2.09. The second kappa shape index (κ2) is 2.83. The zero-order valence-corrected chi connectivity index (χ0v) is 9.20. The highest BCUT2D eigenvalue weighted by atomic mass is 127. The molecule has 2 fully saturated rings. The van der Waals surface area contributed by atoms with E-state index in [2.05, 4.69) is 11.9 Å². The van der Waals surface area contributed by atoms with Crippen molar-refractivity contribution >= 4 is 29.0 Å². The SMILES string of the molecule is CN1CC[C@@]2(C(=O)OI)C[C@H]2C1. The van der Waals surface area contributed by atoms with Crippen LogP contribution in [0.25, 0.3) is 0 Å². The number of hydrogen-bond acceptors (Lipinski definition) is 3. The Bertz CT molecular complexity index is 221. The van der Waals surface area contributed by atoms with Gasteiger partial charge in [0, 0.05) is 6.54 Å². The lowest BCUT2D eigenvalue weighted by Gasteiger charge is -2.26. The van der Waals surface area contributed by atoms with Gasteiger partial charge in [0.1, 0.15) is 0 Å². The van der Waals surface area contributed by atoms with Crippen molar-refractivity contribution < 1.29 is 7.86 Å². The fraction of sp³-hybridized carbons (Fsp3) is 0.875. The summed E-state index contributed by atoms with van der Waals surface area (Å²) in [4.78, 5) is 13.7. The third kappa shape index (κ3) is 1.16. The molecule has 1 heterocycles. The third-order valence-electron chi connectivity index (χ3n) is 3.18. The van der Waals surface area contributed by atoms with Crippen LogP contribution >= 0.6 is 23.0 Å². The molecule has 0 aromatic carbocycles. The lowest BCUT2D eigenvalue weighted by Crippen LogP contribution is -2.35.